The molecule has 1 aliphatic carbocycles. The first-order valence-corrected chi connectivity index (χ1v) is 15.1. The summed E-state index contributed by atoms with van der Waals surface area (Å²) < 4.78 is 77.3. The summed E-state index contributed by atoms with van der Waals surface area (Å²) >= 11 is 0. The number of morpholine rings is 1. The van der Waals surface area contributed by atoms with Crippen LogP contribution in [0.5, 0.6) is 11.5 Å². The minimum Gasteiger partial charge on any atom is -0.493 e. The Morgan fingerprint density at radius 1 is 1.09 bits per heavy atom. The second kappa shape index (κ2) is 11.8. The summed E-state index contributed by atoms with van der Waals surface area (Å²) in [6.07, 6.45) is -1.22. The van der Waals surface area contributed by atoms with Gasteiger partial charge >= 0.3 is 6.18 Å². The summed E-state index contributed by atoms with van der Waals surface area (Å²) in [7, 11) is 1.55. The molecule has 0 radical (unpaired) electrons. The molecule has 2 saturated heterocycles. The zero-order valence-electron chi connectivity index (χ0n) is 24.9. The van der Waals surface area contributed by atoms with Crippen LogP contribution in [0.4, 0.5) is 23.4 Å². The number of methoxy groups -OCH3 is 1. The molecule has 2 aliphatic heterocycles. The minimum atomic E-state index is -4.47. The Hall–Kier alpha value is -4.30. The van der Waals surface area contributed by atoms with E-state index in [1.165, 1.54) is 18.3 Å². The third kappa shape index (κ3) is 5.75. The Kier molecular flexibility index (Phi) is 7.79. The average molecular weight is 642 g/mol. The predicted molar refractivity (Wildman–Crippen MR) is 157 cm³/mol. The molecule has 2 aromatic heterocycles. The topological polar surface area (TPSA) is 112 Å². The van der Waals surface area contributed by atoms with Gasteiger partial charge in [0.2, 0.25) is 5.91 Å². The summed E-state index contributed by atoms with van der Waals surface area (Å²) in [6.45, 7) is 2.80. The predicted octanol–water partition coefficient (Wildman–Crippen LogP) is 5.45. The van der Waals surface area contributed by atoms with Crippen molar-refractivity contribution in [3.05, 3.63) is 59.7 Å². The molecule has 2 bridgehead atoms. The number of hydrogen-bond donors (Lipinski definition) is 1. The number of rotatable bonds is 10. The number of fused-ring (bicyclic) bond motifs is 3. The van der Waals surface area contributed by atoms with Crippen LogP contribution >= 0.6 is 0 Å². The van der Waals surface area contributed by atoms with Crippen LogP contribution in [0.3, 0.4) is 0 Å². The monoisotopic (exact) mass is 641 g/mol. The first kappa shape index (κ1) is 30.4. The molecule has 10 nitrogen and oxygen atoms in total. The number of aromatic nitrogens is 3. The van der Waals surface area contributed by atoms with Gasteiger partial charge in [-0.25, -0.2) is 9.37 Å². The molecule has 4 heterocycles. The number of carbonyl (C=O) groups is 1. The van der Waals surface area contributed by atoms with Crippen molar-refractivity contribution >= 4 is 22.8 Å². The molecule has 3 aliphatic rings. The highest BCUT2D eigenvalue weighted by Gasteiger charge is 2.67. The number of nitrogens with one attached hydrogen (secondary N) is 1. The molecule has 2 unspecified atom stereocenters. The van der Waals surface area contributed by atoms with Crippen LogP contribution in [0.15, 0.2) is 47.1 Å². The first-order valence-electron chi connectivity index (χ1n) is 15.1. The average Bonchev–Trinajstić information content (AvgIpc) is 3.69. The molecule has 1 saturated carbocycles. The molecule has 3 fully saturated rings. The lowest BCUT2D eigenvalue weighted by atomic mass is 10.0. The molecule has 46 heavy (non-hydrogen) atoms. The van der Waals surface area contributed by atoms with Crippen molar-refractivity contribution in [2.24, 2.45) is 0 Å². The van der Waals surface area contributed by atoms with Crippen molar-refractivity contribution in [1.29, 1.82) is 0 Å². The molecule has 2 atom stereocenters. The van der Waals surface area contributed by atoms with Crippen LogP contribution in [-0.2, 0) is 21.4 Å². The summed E-state index contributed by atoms with van der Waals surface area (Å²) in [5.41, 5.74) is -0.00370. The Bertz CT molecular complexity index is 1760. The van der Waals surface area contributed by atoms with Gasteiger partial charge in [0.25, 0.3) is 0 Å². The lowest BCUT2D eigenvalue weighted by molar-refractivity contribution is -0.165. The highest BCUT2D eigenvalue weighted by atomic mass is 19.4. The largest absolute Gasteiger partial charge is 0.493 e. The van der Waals surface area contributed by atoms with E-state index in [4.69, 9.17) is 18.7 Å². The van der Waals surface area contributed by atoms with Crippen LogP contribution in [-0.4, -0.2) is 77.7 Å². The second-order valence-corrected chi connectivity index (χ2v) is 11.9. The van der Waals surface area contributed by atoms with Crippen molar-refractivity contribution in [3.63, 3.8) is 0 Å². The Morgan fingerprint density at radius 3 is 2.54 bits per heavy atom. The molecule has 1 amide bonds. The van der Waals surface area contributed by atoms with E-state index >= 15 is 4.39 Å². The van der Waals surface area contributed by atoms with Crippen molar-refractivity contribution in [1.82, 2.24) is 20.0 Å². The van der Waals surface area contributed by atoms with Gasteiger partial charge in [-0.15, -0.1) is 0 Å². The zero-order valence-corrected chi connectivity index (χ0v) is 24.9. The third-order valence-corrected chi connectivity index (χ3v) is 9.07. The van der Waals surface area contributed by atoms with Crippen molar-refractivity contribution < 1.29 is 41.1 Å². The van der Waals surface area contributed by atoms with Gasteiger partial charge in [-0.3, -0.25) is 14.7 Å². The molecular formula is C32H31F4N5O5. The van der Waals surface area contributed by atoms with E-state index in [-0.39, 0.29) is 36.4 Å². The minimum absolute atomic E-state index is 0.0845. The third-order valence-electron chi connectivity index (χ3n) is 9.07. The van der Waals surface area contributed by atoms with Crippen LogP contribution in [0.1, 0.15) is 37.0 Å². The first-order chi connectivity index (χ1) is 22.1. The van der Waals surface area contributed by atoms with E-state index in [9.17, 15) is 18.0 Å². The van der Waals surface area contributed by atoms with E-state index in [1.54, 1.807) is 25.3 Å². The highest BCUT2D eigenvalue weighted by Crippen LogP contribution is 2.59. The summed E-state index contributed by atoms with van der Waals surface area (Å²) in [4.78, 5) is 24.2. The van der Waals surface area contributed by atoms with Gasteiger partial charge < -0.3 is 24.1 Å². The smallest absolute Gasteiger partial charge is 0.401 e. The quantitative estimate of drug-likeness (QED) is 0.226. The van der Waals surface area contributed by atoms with E-state index in [2.05, 4.69) is 25.3 Å². The lowest BCUT2D eigenvalue weighted by Crippen LogP contribution is -2.47. The number of benzene rings is 2. The molecular weight excluding hydrogens is 610 g/mol. The number of hydrogen-bond acceptors (Lipinski definition) is 9. The number of ether oxygens (including phenoxy) is 3. The van der Waals surface area contributed by atoms with E-state index in [1.807, 2.05) is 0 Å². The van der Waals surface area contributed by atoms with Crippen LogP contribution in [0, 0.1) is 5.82 Å². The fourth-order valence-electron chi connectivity index (χ4n) is 6.34. The molecule has 1 N–H and O–H groups in total. The molecule has 4 aromatic rings. The fraction of sp³-hybridized carbons (Fsp3) is 0.438. The Balaban J connectivity index is 1.00. The Morgan fingerprint density at radius 2 is 1.85 bits per heavy atom. The van der Waals surface area contributed by atoms with Crippen LogP contribution < -0.4 is 14.8 Å². The summed E-state index contributed by atoms with van der Waals surface area (Å²) in [5, 5.41) is 5.92. The van der Waals surface area contributed by atoms with Crippen molar-refractivity contribution in [2.45, 2.75) is 55.8 Å². The summed E-state index contributed by atoms with van der Waals surface area (Å²) in [5.74, 6) is -0.760. The van der Waals surface area contributed by atoms with E-state index in [0.29, 0.717) is 52.5 Å². The standard InChI is InChI=1S/C32H31F4N5O5/c1-43-26-13-24-23(12-27(26)45-9-8-41-20-4-5-21(41)17-44-16-20)37-15-25(38-24)19-3-2-18(22(33)10-19)11-30(42)39-29-14-28(46-40-29)31(6-7-31)32(34,35)36/h2-3,10,12-15,20-21H,4-9,11,16-17H2,1H3,(H,39,40,42). The van der Waals surface area contributed by atoms with Gasteiger partial charge in [0.15, 0.2) is 23.1 Å². The normalized spacial score (nSPS) is 20.5. The van der Waals surface area contributed by atoms with Crippen molar-refractivity contribution in [2.75, 3.05) is 38.8 Å². The number of alkyl halides is 3. The summed E-state index contributed by atoms with van der Waals surface area (Å²) in [6, 6.07) is 9.76. The highest BCUT2D eigenvalue weighted by molar-refractivity contribution is 5.91. The fourth-order valence-corrected chi connectivity index (χ4v) is 6.34. The molecule has 2 aromatic carbocycles. The lowest BCUT2D eigenvalue weighted by Gasteiger charge is -2.34. The Labute approximate surface area is 261 Å². The number of amides is 1. The van der Waals surface area contributed by atoms with Crippen molar-refractivity contribution in [3.8, 4) is 22.8 Å². The molecule has 7 rings (SSSR count). The maximum atomic E-state index is 15.1. The SMILES string of the molecule is COc1cc2nc(-c3ccc(CC(=O)Nc4cc(C5(C(F)(F)F)CC5)on4)c(F)c3)cnc2cc1OCCN1C2CCC1COC2. The van der Waals surface area contributed by atoms with Gasteiger partial charge in [-0.1, -0.05) is 17.3 Å². The van der Waals surface area contributed by atoms with Gasteiger partial charge in [0, 0.05) is 42.4 Å². The van der Waals surface area contributed by atoms with E-state index in [0.717, 1.165) is 38.7 Å². The van der Waals surface area contributed by atoms with Gasteiger partial charge in [-0.05, 0) is 37.3 Å². The maximum absolute atomic E-state index is 15.1. The van der Waals surface area contributed by atoms with E-state index < -0.39 is 23.3 Å². The van der Waals surface area contributed by atoms with Gasteiger partial charge in [0.1, 0.15) is 17.8 Å². The molecule has 242 valence electrons. The molecule has 14 heteroatoms. The maximum Gasteiger partial charge on any atom is 0.401 e. The second-order valence-electron chi connectivity index (χ2n) is 11.9. The molecule has 0 spiro atoms. The number of nitrogens with zero attached hydrogens (tertiary/aromatic N) is 4. The number of halogens is 4. The van der Waals surface area contributed by atoms with Crippen LogP contribution in [0.25, 0.3) is 22.3 Å². The zero-order chi connectivity index (χ0) is 32.1. The van der Waals surface area contributed by atoms with Crippen LogP contribution in [0.2, 0.25) is 0 Å². The van der Waals surface area contributed by atoms with Gasteiger partial charge in [0.05, 0.1) is 49.7 Å². The number of carbonyl (C=O) groups excluding carboxylic acids is 1. The van der Waals surface area contributed by atoms with Gasteiger partial charge in [-0.2, -0.15) is 13.2 Å². The number of anilines is 1.